The third-order valence-corrected chi connectivity index (χ3v) is 6.95. The minimum absolute atomic E-state index is 0.103. The quantitative estimate of drug-likeness (QED) is 0.0872. The van der Waals surface area contributed by atoms with Gasteiger partial charge in [-0.15, -0.1) is 0 Å². The van der Waals surface area contributed by atoms with Crippen molar-refractivity contribution in [1.29, 1.82) is 0 Å². The maximum absolute atomic E-state index is 13.3. The van der Waals surface area contributed by atoms with Crippen LogP contribution in [0.5, 0.6) is 0 Å². The summed E-state index contributed by atoms with van der Waals surface area (Å²) < 4.78 is 0. The van der Waals surface area contributed by atoms with Crippen LogP contribution in [0, 0.1) is 0 Å². The molecule has 0 aliphatic carbocycles. The van der Waals surface area contributed by atoms with Crippen molar-refractivity contribution < 1.29 is 19.2 Å². The van der Waals surface area contributed by atoms with Gasteiger partial charge in [-0.1, -0.05) is 66.7 Å². The zero-order valence-corrected chi connectivity index (χ0v) is 23.3. The number of nitrogens with one attached hydrogen (secondary N) is 1. The van der Waals surface area contributed by atoms with E-state index < -0.39 is 17.7 Å². The second-order valence-corrected chi connectivity index (χ2v) is 9.90. The molecule has 0 bridgehead atoms. The summed E-state index contributed by atoms with van der Waals surface area (Å²) in [7, 11) is 0. The van der Waals surface area contributed by atoms with Gasteiger partial charge in [0.25, 0.3) is 17.7 Å². The first kappa shape index (κ1) is 27.9. The highest BCUT2D eigenvalue weighted by Gasteiger charge is 2.37. The highest BCUT2D eigenvalue weighted by Crippen LogP contribution is 2.31. The lowest BCUT2D eigenvalue weighted by molar-refractivity contribution is 0.0924. The van der Waals surface area contributed by atoms with Crippen LogP contribution in [-0.2, 0) is 0 Å². The number of azo groups is 1. The molecule has 6 rings (SSSR count). The predicted molar refractivity (Wildman–Crippen MR) is 169 cm³/mol. The molecule has 0 unspecified atom stereocenters. The van der Waals surface area contributed by atoms with E-state index in [-0.39, 0.29) is 22.5 Å². The Bertz CT molecular complexity index is 1930. The standard InChI is InChI=1S/C36H24N4O4/c41-33(25-7-3-1-4-8-25)22-13-24-11-15-27(16-12-24)37-34(42)26-14-21-31-32(23-26)36(44)40(35(31)43)30-19-17-29(18-20-30)39-38-28-9-5-2-6-10-28/h1-23H,(H,37,42)/b22-13-,39-38?. The molecule has 1 aliphatic rings. The van der Waals surface area contributed by atoms with Gasteiger partial charge in [-0.3, -0.25) is 19.2 Å². The molecule has 1 aliphatic heterocycles. The van der Waals surface area contributed by atoms with Crippen molar-refractivity contribution in [3.8, 4) is 0 Å². The number of hydrogen-bond acceptors (Lipinski definition) is 6. The number of hydrogen-bond donors (Lipinski definition) is 1. The molecular weight excluding hydrogens is 552 g/mol. The monoisotopic (exact) mass is 576 g/mol. The molecule has 44 heavy (non-hydrogen) atoms. The smallest absolute Gasteiger partial charge is 0.266 e. The molecule has 212 valence electrons. The molecule has 8 heteroatoms. The fourth-order valence-corrected chi connectivity index (χ4v) is 4.65. The fourth-order valence-electron chi connectivity index (χ4n) is 4.65. The normalized spacial score (nSPS) is 12.6. The lowest BCUT2D eigenvalue weighted by Gasteiger charge is -2.13. The van der Waals surface area contributed by atoms with Crippen molar-refractivity contribution in [3.63, 3.8) is 0 Å². The van der Waals surface area contributed by atoms with Crippen LogP contribution in [0.15, 0.2) is 144 Å². The molecule has 0 spiro atoms. The Morgan fingerprint density at radius 2 is 1.23 bits per heavy atom. The van der Waals surface area contributed by atoms with Crippen LogP contribution >= 0.6 is 0 Å². The SMILES string of the molecule is O=C(/C=C\c1ccc(NC(=O)c2ccc3c(c2)C(=O)N(c2ccc(N=Nc4ccccc4)cc2)C3=O)cc1)c1ccccc1. The third kappa shape index (κ3) is 6.00. The average Bonchev–Trinajstić information content (AvgIpc) is 3.32. The van der Waals surface area contributed by atoms with Crippen molar-refractivity contribution in [1.82, 2.24) is 0 Å². The minimum atomic E-state index is -0.514. The average molecular weight is 577 g/mol. The number of rotatable bonds is 8. The molecule has 0 saturated heterocycles. The summed E-state index contributed by atoms with van der Waals surface area (Å²) >= 11 is 0. The van der Waals surface area contributed by atoms with Crippen molar-refractivity contribution in [2.75, 3.05) is 10.2 Å². The van der Waals surface area contributed by atoms with E-state index in [2.05, 4.69) is 15.5 Å². The van der Waals surface area contributed by atoms with Crippen LogP contribution in [0.2, 0.25) is 0 Å². The largest absolute Gasteiger partial charge is 0.322 e. The number of benzene rings is 5. The van der Waals surface area contributed by atoms with E-state index in [1.807, 2.05) is 48.5 Å². The van der Waals surface area contributed by atoms with Crippen LogP contribution in [0.3, 0.4) is 0 Å². The Balaban J connectivity index is 1.11. The van der Waals surface area contributed by atoms with E-state index in [1.165, 1.54) is 24.3 Å². The number of amides is 3. The van der Waals surface area contributed by atoms with Crippen LogP contribution < -0.4 is 10.2 Å². The first-order chi connectivity index (χ1) is 21.5. The number of imide groups is 1. The summed E-state index contributed by atoms with van der Waals surface area (Å²) in [6.07, 6.45) is 3.21. The molecule has 8 nitrogen and oxygen atoms in total. The minimum Gasteiger partial charge on any atom is -0.322 e. The van der Waals surface area contributed by atoms with Gasteiger partial charge in [-0.25, -0.2) is 4.90 Å². The van der Waals surface area contributed by atoms with E-state index >= 15 is 0 Å². The van der Waals surface area contributed by atoms with E-state index in [0.29, 0.717) is 28.3 Å². The van der Waals surface area contributed by atoms with Gasteiger partial charge >= 0.3 is 0 Å². The molecule has 1 heterocycles. The molecule has 5 aromatic rings. The maximum Gasteiger partial charge on any atom is 0.266 e. The predicted octanol–water partition coefficient (Wildman–Crippen LogP) is 8.05. The molecule has 0 aromatic heterocycles. The van der Waals surface area contributed by atoms with Crippen molar-refractivity contribution >= 4 is 52.3 Å². The lowest BCUT2D eigenvalue weighted by Crippen LogP contribution is -2.29. The van der Waals surface area contributed by atoms with Crippen LogP contribution in [0.4, 0.5) is 22.7 Å². The highest BCUT2D eigenvalue weighted by molar-refractivity contribution is 6.34. The van der Waals surface area contributed by atoms with Gasteiger partial charge in [-0.05, 0) is 78.4 Å². The summed E-state index contributed by atoms with van der Waals surface area (Å²) in [5.74, 6) is -1.51. The van der Waals surface area contributed by atoms with E-state index in [9.17, 15) is 19.2 Å². The summed E-state index contributed by atoms with van der Waals surface area (Å²) in [5.41, 5.74) is 4.21. The number of allylic oxidation sites excluding steroid dienone is 1. The van der Waals surface area contributed by atoms with Gasteiger partial charge in [0.05, 0.1) is 28.2 Å². The summed E-state index contributed by atoms with van der Waals surface area (Å²) in [5, 5.41) is 11.2. The van der Waals surface area contributed by atoms with E-state index in [4.69, 9.17) is 0 Å². The molecule has 3 amide bonds. The summed E-state index contributed by atoms with van der Waals surface area (Å²) in [4.78, 5) is 52.8. The molecule has 0 fully saturated rings. The molecule has 0 saturated carbocycles. The maximum atomic E-state index is 13.3. The Labute approximate surface area is 253 Å². The number of ketones is 1. The zero-order valence-electron chi connectivity index (χ0n) is 23.3. The van der Waals surface area contributed by atoms with Crippen LogP contribution in [0.1, 0.15) is 47.0 Å². The first-order valence-electron chi connectivity index (χ1n) is 13.7. The fraction of sp³-hybridized carbons (Fsp3) is 0. The van der Waals surface area contributed by atoms with E-state index in [1.54, 1.807) is 66.7 Å². The number of carbonyl (C=O) groups is 4. The van der Waals surface area contributed by atoms with Crippen molar-refractivity contribution in [2.24, 2.45) is 10.2 Å². The summed E-state index contributed by atoms with van der Waals surface area (Å²) in [6.45, 7) is 0. The first-order valence-corrected chi connectivity index (χ1v) is 13.7. The molecule has 0 atom stereocenters. The topological polar surface area (TPSA) is 108 Å². The van der Waals surface area contributed by atoms with Gasteiger partial charge in [0.15, 0.2) is 5.78 Å². The number of anilines is 2. The van der Waals surface area contributed by atoms with Crippen LogP contribution in [0.25, 0.3) is 6.08 Å². The third-order valence-electron chi connectivity index (χ3n) is 6.95. The molecule has 1 N–H and O–H groups in total. The Hall–Kier alpha value is -6.28. The Morgan fingerprint density at radius 3 is 1.91 bits per heavy atom. The summed E-state index contributed by atoms with van der Waals surface area (Å²) in [6, 6.07) is 36.3. The highest BCUT2D eigenvalue weighted by atomic mass is 16.2. The number of nitrogens with zero attached hydrogens (tertiary/aromatic N) is 3. The Morgan fingerprint density at radius 1 is 0.614 bits per heavy atom. The number of carbonyl (C=O) groups excluding carboxylic acids is 4. The lowest BCUT2D eigenvalue weighted by atomic mass is 10.1. The van der Waals surface area contributed by atoms with Gasteiger partial charge in [0.1, 0.15) is 0 Å². The Kier molecular flexibility index (Phi) is 7.79. The van der Waals surface area contributed by atoms with Crippen molar-refractivity contribution in [2.45, 2.75) is 0 Å². The van der Waals surface area contributed by atoms with E-state index in [0.717, 1.165) is 10.5 Å². The van der Waals surface area contributed by atoms with Gasteiger partial charge < -0.3 is 5.32 Å². The molecular formula is C36H24N4O4. The molecule has 0 radical (unpaired) electrons. The van der Waals surface area contributed by atoms with Crippen LogP contribution in [-0.4, -0.2) is 23.5 Å². The second-order valence-electron chi connectivity index (χ2n) is 9.90. The number of fused-ring (bicyclic) bond motifs is 1. The van der Waals surface area contributed by atoms with Gasteiger partial charge in [0, 0.05) is 16.8 Å². The molecule has 5 aromatic carbocycles. The second kappa shape index (κ2) is 12.3. The van der Waals surface area contributed by atoms with Gasteiger partial charge in [-0.2, -0.15) is 10.2 Å². The van der Waals surface area contributed by atoms with Gasteiger partial charge in [0.2, 0.25) is 0 Å². The van der Waals surface area contributed by atoms with Crippen molar-refractivity contribution in [3.05, 3.63) is 161 Å². The zero-order chi connectivity index (χ0) is 30.5.